The highest BCUT2D eigenvalue weighted by Crippen LogP contribution is 2.15. The van der Waals surface area contributed by atoms with Gasteiger partial charge in [-0.2, -0.15) is 0 Å². The molecule has 0 aromatic heterocycles. The Balaban J connectivity index is 1.76. The van der Waals surface area contributed by atoms with Crippen molar-refractivity contribution in [1.29, 1.82) is 0 Å². The van der Waals surface area contributed by atoms with E-state index in [2.05, 4.69) is 29.6 Å². The van der Waals surface area contributed by atoms with Crippen LogP contribution in [0, 0.1) is 5.82 Å². The lowest BCUT2D eigenvalue weighted by Crippen LogP contribution is -2.21. The smallest absolute Gasteiger partial charge is 0.127 e. The van der Waals surface area contributed by atoms with Crippen LogP contribution >= 0.6 is 0 Å². The second kappa shape index (κ2) is 7.05. The molecule has 0 aliphatic heterocycles. The van der Waals surface area contributed by atoms with E-state index < -0.39 is 0 Å². The van der Waals surface area contributed by atoms with Crippen LogP contribution < -0.4 is 5.32 Å². The molecule has 1 N–H and O–H groups in total. The van der Waals surface area contributed by atoms with Gasteiger partial charge in [0.2, 0.25) is 0 Å². The third kappa shape index (κ3) is 4.18. The van der Waals surface area contributed by atoms with Crippen molar-refractivity contribution in [2.75, 3.05) is 6.54 Å². The van der Waals surface area contributed by atoms with Crippen molar-refractivity contribution in [3.05, 3.63) is 71.5 Å². The molecular formula is C17H20FN. The molecule has 19 heavy (non-hydrogen) atoms. The Morgan fingerprint density at radius 2 is 1.68 bits per heavy atom. The van der Waals surface area contributed by atoms with Gasteiger partial charge in [0.25, 0.3) is 0 Å². The first kappa shape index (κ1) is 13.8. The number of rotatable bonds is 6. The average Bonchev–Trinajstić information content (AvgIpc) is 2.45. The molecule has 0 spiro atoms. The highest BCUT2D eigenvalue weighted by Gasteiger charge is 2.08. The second-order valence-electron chi connectivity index (χ2n) is 4.79. The maximum Gasteiger partial charge on any atom is 0.127 e. The zero-order valence-electron chi connectivity index (χ0n) is 11.3. The van der Waals surface area contributed by atoms with E-state index in [1.165, 1.54) is 11.6 Å². The van der Waals surface area contributed by atoms with Crippen LogP contribution in [0.1, 0.15) is 30.5 Å². The zero-order valence-corrected chi connectivity index (χ0v) is 11.3. The summed E-state index contributed by atoms with van der Waals surface area (Å²) in [5.74, 6) is -0.134. The van der Waals surface area contributed by atoms with E-state index in [4.69, 9.17) is 0 Å². The van der Waals surface area contributed by atoms with Gasteiger partial charge in [-0.05, 0) is 37.9 Å². The summed E-state index contributed by atoms with van der Waals surface area (Å²) < 4.78 is 13.6. The minimum absolute atomic E-state index is 0.0528. The van der Waals surface area contributed by atoms with Gasteiger partial charge in [0, 0.05) is 11.6 Å². The molecule has 1 nitrogen and oxygen atoms in total. The van der Waals surface area contributed by atoms with Gasteiger partial charge in [-0.1, -0.05) is 48.5 Å². The summed E-state index contributed by atoms with van der Waals surface area (Å²) in [6.45, 7) is 2.89. The summed E-state index contributed by atoms with van der Waals surface area (Å²) in [5.41, 5.74) is 2.09. The summed E-state index contributed by atoms with van der Waals surface area (Å²) in [5, 5.41) is 3.37. The van der Waals surface area contributed by atoms with Gasteiger partial charge in [0.15, 0.2) is 0 Å². The molecule has 0 aliphatic rings. The lowest BCUT2D eigenvalue weighted by atomic mass is 10.1. The van der Waals surface area contributed by atoms with Gasteiger partial charge < -0.3 is 5.32 Å². The molecule has 0 saturated heterocycles. The topological polar surface area (TPSA) is 12.0 Å². The maximum atomic E-state index is 13.6. The number of nitrogens with one attached hydrogen (secondary N) is 1. The Bertz CT molecular complexity index is 496. The lowest BCUT2D eigenvalue weighted by Gasteiger charge is -2.14. The highest BCUT2D eigenvalue weighted by atomic mass is 19.1. The first-order valence-electron chi connectivity index (χ1n) is 6.79. The van der Waals surface area contributed by atoms with E-state index in [1.54, 1.807) is 6.07 Å². The van der Waals surface area contributed by atoms with E-state index in [9.17, 15) is 4.39 Å². The van der Waals surface area contributed by atoms with Crippen molar-refractivity contribution < 1.29 is 4.39 Å². The van der Waals surface area contributed by atoms with Gasteiger partial charge >= 0.3 is 0 Å². The number of aryl methyl sites for hydroxylation is 1. The Labute approximate surface area is 114 Å². The van der Waals surface area contributed by atoms with E-state index in [1.807, 2.05) is 25.1 Å². The Kier molecular flexibility index (Phi) is 5.10. The van der Waals surface area contributed by atoms with Crippen LogP contribution in [0.4, 0.5) is 4.39 Å². The van der Waals surface area contributed by atoms with Gasteiger partial charge in [0.1, 0.15) is 5.82 Å². The van der Waals surface area contributed by atoms with Crippen LogP contribution in [0.25, 0.3) is 0 Å². The van der Waals surface area contributed by atoms with Gasteiger partial charge in [-0.3, -0.25) is 0 Å². The lowest BCUT2D eigenvalue weighted by molar-refractivity contribution is 0.521. The summed E-state index contributed by atoms with van der Waals surface area (Å²) in [7, 11) is 0. The van der Waals surface area contributed by atoms with Crippen molar-refractivity contribution in [1.82, 2.24) is 5.32 Å². The molecule has 2 rings (SSSR count). The highest BCUT2D eigenvalue weighted by molar-refractivity contribution is 5.20. The molecule has 2 heteroatoms. The molecule has 0 bridgehead atoms. The first-order chi connectivity index (χ1) is 9.27. The van der Waals surface area contributed by atoms with Crippen LogP contribution in [-0.2, 0) is 6.42 Å². The molecule has 0 saturated carbocycles. The van der Waals surface area contributed by atoms with Gasteiger partial charge in [0.05, 0.1) is 0 Å². The van der Waals surface area contributed by atoms with Crippen molar-refractivity contribution in [2.45, 2.75) is 25.8 Å². The number of halogens is 1. The van der Waals surface area contributed by atoms with Crippen molar-refractivity contribution >= 4 is 0 Å². The van der Waals surface area contributed by atoms with Crippen molar-refractivity contribution in [3.63, 3.8) is 0 Å². The van der Waals surface area contributed by atoms with Crippen LogP contribution in [0.2, 0.25) is 0 Å². The van der Waals surface area contributed by atoms with Crippen molar-refractivity contribution in [2.24, 2.45) is 0 Å². The molecule has 100 valence electrons. The number of hydrogen-bond acceptors (Lipinski definition) is 1. The molecule has 1 unspecified atom stereocenters. The largest absolute Gasteiger partial charge is 0.310 e. The minimum atomic E-state index is -0.134. The molecule has 0 heterocycles. The predicted molar refractivity (Wildman–Crippen MR) is 77.6 cm³/mol. The molecule has 1 atom stereocenters. The van der Waals surface area contributed by atoms with Gasteiger partial charge in [-0.25, -0.2) is 4.39 Å². The van der Waals surface area contributed by atoms with Crippen LogP contribution in [0.3, 0.4) is 0 Å². The van der Waals surface area contributed by atoms with Crippen LogP contribution in [0.15, 0.2) is 54.6 Å². The monoisotopic (exact) mass is 257 g/mol. The summed E-state index contributed by atoms with van der Waals surface area (Å²) in [4.78, 5) is 0. The third-order valence-corrected chi connectivity index (χ3v) is 3.31. The molecule has 0 radical (unpaired) electrons. The van der Waals surface area contributed by atoms with E-state index >= 15 is 0 Å². The van der Waals surface area contributed by atoms with E-state index in [0.29, 0.717) is 0 Å². The van der Waals surface area contributed by atoms with E-state index in [0.717, 1.165) is 24.9 Å². The third-order valence-electron chi connectivity index (χ3n) is 3.31. The van der Waals surface area contributed by atoms with Gasteiger partial charge in [-0.15, -0.1) is 0 Å². The summed E-state index contributed by atoms with van der Waals surface area (Å²) in [6, 6.07) is 17.4. The molecule has 2 aromatic carbocycles. The Morgan fingerprint density at radius 3 is 2.42 bits per heavy atom. The molecule has 0 amide bonds. The standard InChI is InChI=1S/C17H20FN/c1-14(16-11-5-6-12-17(16)18)19-13-7-10-15-8-3-2-4-9-15/h2-6,8-9,11-12,14,19H,7,10,13H2,1H3. The fraction of sp³-hybridized carbons (Fsp3) is 0.294. The quantitative estimate of drug-likeness (QED) is 0.768. The normalized spacial score (nSPS) is 12.3. The first-order valence-corrected chi connectivity index (χ1v) is 6.79. The fourth-order valence-corrected chi connectivity index (χ4v) is 2.19. The summed E-state index contributed by atoms with van der Waals surface area (Å²) in [6.07, 6.45) is 2.11. The van der Waals surface area contributed by atoms with E-state index in [-0.39, 0.29) is 11.9 Å². The zero-order chi connectivity index (χ0) is 13.5. The minimum Gasteiger partial charge on any atom is -0.310 e. The number of benzene rings is 2. The Morgan fingerprint density at radius 1 is 1.00 bits per heavy atom. The molecule has 0 fully saturated rings. The Hall–Kier alpha value is -1.67. The average molecular weight is 257 g/mol. The van der Waals surface area contributed by atoms with Crippen molar-refractivity contribution in [3.8, 4) is 0 Å². The molecular weight excluding hydrogens is 237 g/mol. The maximum absolute atomic E-state index is 13.6. The number of hydrogen-bond donors (Lipinski definition) is 1. The SMILES string of the molecule is CC(NCCCc1ccccc1)c1ccccc1F. The summed E-state index contributed by atoms with van der Waals surface area (Å²) >= 11 is 0. The fourth-order valence-electron chi connectivity index (χ4n) is 2.19. The molecule has 2 aromatic rings. The molecule has 0 aliphatic carbocycles. The van der Waals surface area contributed by atoms with Crippen LogP contribution in [-0.4, -0.2) is 6.54 Å². The predicted octanol–water partition coefficient (Wildman–Crippen LogP) is 4.11. The van der Waals surface area contributed by atoms with Crippen LogP contribution in [0.5, 0.6) is 0 Å². The second-order valence-corrected chi connectivity index (χ2v) is 4.79.